The Balaban J connectivity index is 1.86. The molecule has 0 saturated heterocycles. The minimum atomic E-state index is -0.284. The molecule has 1 aromatic rings. The molecule has 0 radical (unpaired) electrons. The molecule has 2 aliphatic rings. The van der Waals surface area contributed by atoms with Crippen molar-refractivity contribution < 1.29 is 5.11 Å². The molecule has 0 heterocycles. The molecule has 74 valence electrons. The SMILES string of the molecule is OC1(C2CCc3ccccc3C2)CC1. The number of hydrogen-bond donors (Lipinski definition) is 1. The number of benzene rings is 1. The van der Waals surface area contributed by atoms with Crippen LogP contribution in [0.4, 0.5) is 0 Å². The van der Waals surface area contributed by atoms with Crippen LogP contribution in [0.5, 0.6) is 0 Å². The fourth-order valence-electron chi connectivity index (χ4n) is 2.69. The first-order valence-electron chi connectivity index (χ1n) is 5.57. The van der Waals surface area contributed by atoms with Crippen LogP contribution in [0, 0.1) is 5.92 Å². The average molecular weight is 188 g/mol. The Hall–Kier alpha value is -0.820. The first kappa shape index (κ1) is 8.49. The fourth-order valence-corrected chi connectivity index (χ4v) is 2.69. The van der Waals surface area contributed by atoms with E-state index in [4.69, 9.17) is 0 Å². The molecule has 0 amide bonds. The first-order valence-corrected chi connectivity index (χ1v) is 5.57. The van der Waals surface area contributed by atoms with Crippen LogP contribution in [0.25, 0.3) is 0 Å². The zero-order chi connectivity index (χ0) is 9.60. The van der Waals surface area contributed by atoms with Crippen molar-refractivity contribution in [3.8, 4) is 0 Å². The van der Waals surface area contributed by atoms with Crippen molar-refractivity contribution in [1.82, 2.24) is 0 Å². The van der Waals surface area contributed by atoms with Crippen molar-refractivity contribution in [3.63, 3.8) is 0 Å². The van der Waals surface area contributed by atoms with Gasteiger partial charge in [0.05, 0.1) is 5.60 Å². The van der Waals surface area contributed by atoms with Crippen LogP contribution < -0.4 is 0 Å². The summed E-state index contributed by atoms with van der Waals surface area (Å²) in [6.07, 6.45) is 5.48. The van der Waals surface area contributed by atoms with E-state index in [0.717, 1.165) is 25.7 Å². The largest absolute Gasteiger partial charge is 0.390 e. The van der Waals surface area contributed by atoms with Crippen molar-refractivity contribution in [2.24, 2.45) is 5.92 Å². The van der Waals surface area contributed by atoms with Gasteiger partial charge < -0.3 is 5.11 Å². The lowest BCUT2D eigenvalue weighted by molar-refractivity contribution is 0.0740. The van der Waals surface area contributed by atoms with Crippen LogP contribution in [-0.2, 0) is 12.8 Å². The van der Waals surface area contributed by atoms with E-state index in [9.17, 15) is 5.11 Å². The normalized spacial score (nSPS) is 28.2. The van der Waals surface area contributed by atoms with E-state index < -0.39 is 0 Å². The molecule has 2 aliphatic carbocycles. The third-order valence-electron chi connectivity index (χ3n) is 3.87. The molecule has 1 nitrogen and oxygen atoms in total. The van der Waals surface area contributed by atoms with Crippen molar-refractivity contribution in [1.29, 1.82) is 0 Å². The molecule has 0 aromatic heterocycles. The van der Waals surface area contributed by atoms with Crippen LogP contribution in [0.1, 0.15) is 30.4 Å². The van der Waals surface area contributed by atoms with E-state index in [1.165, 1.54) is 17.5 Å². The van der Waals surface area contributed by atoms with E-state index in [0.29, 0.717) is 5.92 Å². The molecule has 0 aliphatic heterocycles. The topological polar surface area (TPSA) is 20.2 Å². The molecule has 0 spiro atoms. The molecular formula is C13H16O. The predicted molar refractivity (Wildman–Crippen MR) is 56.1 cm³/mol. The van der Waals surface area contributed by atoms with Crippen molar-refractivity contribution in [3.05, 3.63) is 35.4 Å². The molecule has 1 aromatic carbocycles. The lowest BCUT2D eigenvalue weighted by Gasteiger charge is -2.28. The zero-order valence-corrected chi connectivity index (χ0v) is 8.37. The number of aliphatic hydroxyl groups is 1. The number of hydrogen-bond acceptors (Lipinski definition) is 1. The van der Waals surface area contributed by atoms with E-state index in [1.807, 2.05) is 0 Å². The van der Waals surface area contributed by atoms with Crippen molar-refractivity contribution in [2.75, 3.05) is 0 Å². The molecule has 0 bridgehead atoms. The quantitative estimate of drug-likeness (QED) is 0.717. The molecule has 1 N–H and O–H groups in total. The standard InChI is InChI=1S/C13H16O/c14-13(7-8-13)12-6-5-10-3-1-2-4-11(10)9-12/h1-4,12,14H,5-9H2. The minimum Gasteiger partial charge on any atom is -0.390 e. The van der Waals surface area contributed by atoms with Gasteiger partial charge in [-0.2, -0.15) is 0 Å². The molecule has 1 fully saturated rings. The molecule has 14 heavy (non-hydrogen) atoms. The third-order valence-corrected chi connectivity index (χ3v) is 3.87. The van der Waals surface area contributed by atoms with Crippen LogP contribution >= 0.6 is 0 Å². The van der Waals surface area contributed by atoms with Gasteiger partial charge in [0.15, 0.2) is 0 Å². The van der Waals surface area contributed by atoms with E-state index in [-0.39, 0.29) is 5.60 Å². The second kappa shape index (κ2) is 2.83. The van der Waals surface area contributed by atoms with E-state index in [1.54, 1.807) is 0 Å². The maximum atomic E-state index is 10.1. The highest BCUT2D eigenvalue weighted by atomic mass is 16.3. The molecule has 1 unspecified atom stereocenters. The lowest BCUT2D eigenvalue weighted by Crippen LogP contribution is -2.28. The van der Waals surface area contributed by atoms with Gasteiger partial charge in [-0.1, -0.05) is 24.3 Å². The summed E-state index contributed by atoms with van der Waals surface area (Å²) in [7, 11) is 0. The van der Waals surface area contributed by atoms with Gasteiger partial charge in [0.2, 0.25) is 0 Å². The highest BCUT2D eigenvalue weighted by Crippen LogP contribution is 2.47. The van der Waals surface area contributed by atoms with Crippen LogP contribution in [0.2, 0.25) is 0 Å². The Bertz CT molecular complexity index is 352. The Morgan fingerprint density at radius 3 is 2.57 bits per heavy atom. The minimum absolute atomic E-state index is 0.284. The highest BCUT2D eigenvalue weighted by Gasteiger charge is 2.47. The van der Waals surface area contributed by atoms with E-state index >= 15 is 0 Å². The van der Waals surface area contributed by atoms with Gasteiger partial charge in [-0.25, -0.2) is 0 Å². The lowest BCUT2D eigenvalue weighted by atomic mass is 9.80. The smallest absolute Gasteiger partial charge is 0.0681 e. The summed E-state index contributed by atoms with van der Waals surface area (Å²) in [6.45, 7) is 0. The summed E-state index contributed by atoms with van der Waals surface area (Å²) >= 11 is 0. The Morgan fingerprint density at radius 1 is 1.14 bits per heavy atom. The third kappa shape index (κ3) is 1.27. The zero-order valence-electron chi connectivity index (χ0n) is 8.37. The van der Waals surface area contributed by atoms with Gasteiger partial charge >= 0.3 is 0 Å². The molecular weight excluding hydrogens is 172 g/mol. The van der Waals surface area contributed by atoms with Crippen LogP contribution in [-0.4, -0.2) is 10.7 Å². The average Bonchev–Trinajstić information content (AvgIpc) is 2.97. The monoisotopic (exact) mass is 188 g/mol. The van der Waals surface area contributed by atoms with Crippen LogP contribution in [0.15, 0.2) is 24.3 Å². The molecule has 1 heteroatoms. The molecule has 3 rings (SSSR count). The summed E-state index contributed by atoms with van der Waals surface area (Å²) < 4.78 is 0. The number of rotatable bonds is 1. The fraction of sp³-hybridized carbons (Fsp3) is 0.538. The van der Waals surface area contributed by atoms with Gasteiger partial charge in [-0.15, -0.1) is 0 Å². The van der Waals surface area contributed by atoms with Gasteiger partial charge in [-0.05, 0) is 49.1 Å². The van der Waals surface area contributed by atoms with Gasteiger partial charge in [-0.3, -0.25) is 0 Å². The Labute approximate surface area is 84.8 Å². The summed E-state index contributed by atoms with van der Waals surface area (Å²) in [6, 6.07) is 8.67. The number of aryl methyl sites for hydroxylation is 1. The highest BCUT2D eigenvalue weighted by molar-refractivity contribution is 5.30. The Morgan fingerprint density at radius 2 is 1.86 bits per heavy atom. The summed E-state index contributed by atoms with van der Waals surface area (Å²) in [5.74, 6) is 0.525. The van der Waals surface area contributed by atoms with Crippen molar-refractivity contribution >= 4 is 0 Å². The maximum Gasteiger partial charge on any atom is 0.0681 e. The predicted octanol–water partition coefficient (Wildman–Crippen LogP) is 2.32. The summed E-state index contributed by atoms with van der Waals surface area (Å²) in [5.41, 5.74) is 2.67. The van der Waals surface area contributed by atoms with Crippen molar-refractivity contribution in [2.45, 2.75) is 37.7 Å². The van der Waals surface area contributed by atoms with Gasteiger partial charge in [0.25, 0.3) is 0 Å². The second-order valence-corrected chi connectivity index (χ2v) is 4.81. The first-order chi connectivity index (χ1) is 6.78. The van der Waals surface area contributed by atoms with E-state index in [2.05, 4.69) is 24.3 Å². The Kier molecular flexibility index (Phi) is 1.72. The summed E-state index contributed by atoms with van der Waals surface area (Å²) in [4.78, 5) is 0. The number of fused-ring (bicyclic) bond motifs is 1. The molecule has 1 atom stereocenters. The maximum absolute atomic E-state index is 10.1. The van der Waals surface area contributed by atoms with Gasteiger partial charge in [0.1, 0.15) is 0 Å². The molecule has 1 saturated carbocycles. The second-order valence-electron chi connectivity index (χ2n) is 4.81. The van der Waals surface area contributed by atoms with Gasteiger partial charge in [0, 0.05) is 0 Å². The summed E-state index contributed by atoms with van der Waals surface area (Å²) in [5, 5.41) is 10.1. The van der Waals surface area contributed by atoms with Crippen LogP contribution in [0.3, 0.4) is 0 Å².